The Balaban J connectivity index is 2.65. The van der Waals surface area contributed by atoms with Gasteiger partial charge in [0.15, 0.2) is 0 Å². The molecule has 0 bridgehead atoms. The number of rotatable bonds is 8. The van der Waals surface area contributed by atoms with E-state index in [4.69, 9.17) is 15.3 Å². The fourth-order valence-corrected chi connectivity index (χ4v) is 1.45. The number of aromatic nitrogens is 3. The molecule has 1 aromatic heterocycles. The van der Waals surface area contributed by atoms with Gasteiger partial charge in [-0.15, -0.1) is 4.98 Å². The molecule has 18 heavy (non-hydrogen) atoms. The first-order valence-electron chi connectivity index (χ1n) is 6.17. The highest BCUT2D eigenvalue weighted by Gasteiger charge is 2.09. The Morgan fingerprint density at radius 3 is 2.39 bits per heavy atom. The summed E-state index contributed by atoms with van der Waals surface area (Å²) in [6, 6.07) is 0.433. The van der Waals surface area contributed by atoms with Crippen LogP contribution in [0.3, 0.4) is 0 Å². The van der Waals surface area contributed by atoms with E-state index in [-0.39, 0.29) is 18.0 Å². The fourth-order valence-electron chi connectivity index (χ4n) is 1.45. The SMILES string of the molecule is CCCC(C)COc1nc(NN)nc(OCC)n1. The van der Waals surface area contributed by atoms with Crippen LogP contribution < -0.4 is 20.7 Å². The van der Waals surface area contributed by atoms with Gasteiger partial charge in [0.1, 0.15) is 0 Å². The highest BCUT2D eigenvalue weighted by Crippen LogP contribution is 2.14. The highest BCUT2D eigenvalue weighted by atomic mass is 16.5. The first-order chi connectivity index (χ1) is 8.69. The average molecular weight is 255 g/mol. The molecule has 0 spiro atoms. The molecule has 7 heteroatoms. The number of nitrogens with two attached hydrogens (primary N) is 1. The van der Waals surface area contributed by atoms with Crippen molar-refractivity contribution in [3.63, 3.8) is 0 Å². The summed E-state index contributed by atoms with van der Waals surface area (Å²) >= 11 is 0. The van der Waals surface area contributed by atoms with E-state index in [2.05, 4.69) is 34.2 Å². The number of anilines is 1. The molecule has 0 saturated carbocycles. The van der Waals surface area contributed by atoms with Gasteiger partial charge in [0, 0.05) is 0 Å². The summed E-state index contributed by atoms with van der Waals surface area (Å²) in [6.07, 6.45) is 2.23. The van der Waals surface area contributed by atoms with Gasteiger partial charge in [-0.3, -0.25) is 5.43 Å². The molecule has 1 rings (SSSR count). The minimum absolute atomic E-state index is 0.207. The molecule has 1 heterocycles. The lowest BCUT2D eigenvalue weighted by atomic mass is 10.1. The fraction of sp³-hybridized carbons (Fsp3) is 0.727. The van der Waals surface area contributed by atoms with E-state index in [1.165, 1.54) is 0 Å². The van der Waals surface area contributed by atoms with E-state index in [1.807, 2.05) is 6.92 Å². The Kier molecular flexibility index (Phi) is 6.13. The molecular weight excluding hydrogens is 234 g/mol. The van der Waals surface area contributed by atoms with E-state index >= 15 is 0 Å². The Labute approximate surface area is 107 Å². The minimum atomic E-state index is 0.207. The van der Waals surface area contributed by atoms with E-state index in [1.54, 1.807) is 0 Å². The van der Waals surface area contributed by atoms with Crippen molar-refractivity contribution in [3.05, 3.63) is 0 Å². The molecule has 0 aliphatic rings. The molecule has 0 amide bonds. The van der Waals surface area contributed by atoms with Gasteiger partial charge in [0.05, 0.1) is 13.2 Å². The van der Waals surface area contributed by atoms with E-state index in [9.17, 15) is 0 Å². The lowest BCUT2D eigenvalue weighted by Crippen LogP contribution is -2.15. The Morgan fingerprint density at radius 2 is 1.83 bits per heavy atom. The van der Waals surface area contributed by atoms with Gasteiger partial charge in [-0.05, 0) is 19.3 Å². The molecule has 0 aliphatic carbocycles. The molecule has 3 N–H and O–H groups in total. The molecule has 0 fully saturated rings. The van der Waals surface area contributed by atoms with Gasteiger partial charge in [0.25, 0.3) is 0 Å². The Bertz CT molecular complexity index is 361. The van der Waals surface area contributed by atoms with Crippen LogP contribution >= 0.6 is 0 Å². The average Bonchev–Trinajstić information content (AvgIpc) is 2.37. The third-order valence-corrected chi connectivity index (χ3v) is 2.28. The smallest absolute Gasteiger partial charge is 0.324 e. The van der Waals surface area contributed by atoms with Crippen LogP contribution in [0.5, 0.6) is 12.0 Å². The molecule has 7 nitrogen and oxygen atoms in total. The maximum absolute atomic E-state index is 5.51. The number of nitrogens with one attached hydrogen (secondary N) is 1. The van der Waals surface area contributed by atoms with Gasteiger partial charge in [-0.1, -0.05) is 20.3 Å². The molecule has 1 atom stereocenters. The van der Waals surface area contributed by atoms with Crippen LogP contribution in [0.15, 0.2) is 0 Å². The van der Waals surface area contributed by atoms with Gasteiger partial charge >= 0.3 is 12.0 Å². The third-order valence-electron chi connectivity index (χ3n) is 2.28. The summed E-state index contributed by atoms with van der Waals surface area (Å²) in [6.45, 7) is 7.15. The lowest BCUT2D eigenvalue weighted by molar-refractivity contribution is 0.226. The maximum atomic E-state index is 5.51. The molecule has 1 unspecified atom stereocenters. The van der Waals surface area contributed by atoms with Gasteiger partial charge < -0.3 is 9.47 Å². The van der Waals surface area contributed by atoms with E-state index < -0.39 is 0 Å². The van der Waals surface area contributed by atoms with Crippen molar-refractivity contribution in [2.45, 2.75) is 33.6 Å². The molecule has 0 aromatic carbocycles. The summed E-state index contributed by atoms with van der Waals surface area (Å²) in [5, 5.41) is 0. The Hall–Kier alpha value is -1.63. The second-order valence-corrected chi connectivity index (χ2v) is 4.01. The number of nitrogens with zero attached hydrogens (tertiary/aromatic N) is 3. The monoisotopic (exact) mass is 255 g/mol. The van der Waals surface area contributed by atoms with Crippen molar-refractivity contribution in [3.8, 4) is 12.0 Å². The minimum Gasteiger partial charge on any atom is -0.464 e. The molecule has 0 saturated heterocycles. The quantitative estimate of drug-likeness (QED) is 0.535. The number of hydrazine groups is 1. The summed E-state index contributed by atoms with van der Waals surface area (Å²) in [5.74, 6) is 5.96. The van der Waals surface area contributed by atoms with E-state index in [0.29, 0.717) is 19.1 Å². The summed E-state index contributed by atoms with van der Waals surface area (Å²) in [5.41, 5.74) is 2.36. The van der Waals surface area contributed by atoms with Gasteiger partial charge in [-0.25, -0.2) is 5.84 Å². The predicted octanol–water partition coefficient (Wildman–Crippen LogP) is 1.37. The number of hydrogen-bond donors (Lipinski definition) is 2. The van der Waals surface area contributed by atoms with Crippen molar-refractivity contribution >= 4 is 5.95 Å². The molecule has 102 valence electrons. The standard InChI is InChI=1S/C11H21N5O2/c1-4-6-8(3)7-18-11-14-9(16-12)13-10(15-11)17-5-2/h8H,4-7,12H2,1-3H3,(H,13,14,15,16). The van der Waals surface area contributed by atoms with Crippen molar-refractivity contribution < 1.29 is 9.47 Å². The predicted molar refractivity (Wildman–Crippen MR) is 68.4 cm³/mol. The van der Waals surface area contributed by atoms with Crippen LogP contribution in [0, 0.1) is 5.92 Å². The van der Waals surface area contributed by atoms with Crippen LogP contribution in [0.1, 0.15) is 33.6 Å². The van der Waals surface area contributed by atoms with Crippen molar-refractivity contribution in [2.24, 2.45) is 11.8 Å². The number of hydrogen-bond acceptors (Lipinski definition) is 7. The summed E-state index contributed by atoms with van der Waals surface area (Å²) < 4.78 is 10.7. The van der Waals surface area contributed by atoms with E-state index in [0.717, 1.165) is 12.8 Å². The van der Waals surface area contributed by atoms with Crippen LogP contribution in [-0.4, -0.2) is 28.2 Å². The molecule has 1 aromatic rings. The van der Waals surface area contributed by atoms with Gasteiger partial charge in [0.2, 0.25) is 5.95 Å². The van der Waals surface area contributed by atoms with Crippen LogP contribution in [0.2, 0.25) is 0 Å². The van der Waals surface area contributed by atoms with Crippen LogP contribution in [0.25, 0.3) is 0 Å². The maximum Gasteiger partial charge on any atom is 0.324 e. The summed E-state index contributed by atoms with van der Waals surface area (Å²) in [7, 11) is 0. The largest absolute Gasteiger partial charge is 0.464 e. The zero-order chi connectivity index (χ0) is 13.4. The molecule has 0 aliphatic heterocycles. The molecule has 0 radical (unpaired) electrons. The lowest BCUT2D eigenvalue weighted by Gasteiger charge is -2.11. The van der Waals surface area contributed by atoms with Gasteiger partial charge in [-0.2, -0.15) is 9.97 Å². The number of ether oxygens (including phenoxy) is 2. The van der Waals surface area contributed by atoms with Crippen LogP contribution in [-0.2, 0) is 0 Å². The van der Waals surface area contributed by atoms with Crippen molar-refractivity contribution in [1.29, 1.82) is 0 Å². The molecular formula is C11H21N5O2. The second-order valence-electron chi connectivity index (χ2n) is 4.01. The summed E-state index contributed by atoms with van der Waals surface area (Å²) in [4.78, 5) is 12.0. The topological polar surface area (TPSA) is 95.2 Å². The van der Waals surface area contributed by atoms with Crippen molar-refractivity contribution in [2.75, 3.05) is 18.6 Å². The van der Waals surface area contributed by atoms with Crippen molar-refractivity contribution in [1.82, 2.24) is 15.0 Å². The second kappa shape index (κ2) is 7.65. The third kappa shape index (κ3) is 4.70. The number of nitrogen functional groups attached to an aromatic ring is 1. The van der Waals surface area contributed by atoms with Crippen LogP contribution in [0.4, 0.5) is 5.95 Å². The Morgan fingerprint density at radius 1 is 1.17 bits per heavy atom. The first kappa shape index (κ1) is 14.4. The zero-order valence-corrected chi connectivity index (χ0v) is 11.1. The first-order valence-corrected chi connectivity index (χ1v) is 6.17. The normalized spacial score (nSPS) is 12.0. The highest BCUT2D eigenvalue weighted by molar-refractivity contribution is 5.25. The zero-order valence-electron chi connectivity index (χ0n) is 11.1.